The second-order valence-electron chi connectivity index (χ2n) is 13.3. The monoisotopic (exact) mass is 755 g/mol. The maximum absolute atomic E-state index is 12.6. The second kappa shape index (κ2) is 27.0. The van der Waals surface area contributed by atoms with Gasteiger partial charge in [0, 0.05) is 57.4 Å². The van der Waals surface area contributed by atoms with E-state index in [0.29, 0.717) is 25.8 Å². The van der Waals surface area contributed by atoms with Crippen LogP contribution in [0.1, 0.15) is 130 Å². The van der Waals surface area contributed by atoms with Crippen molar-refractivity contribution in [2.45, 2.75) is 142 Å². The Labute approximate surface area is 309 Å². The molecule has 5 atom stereocenters. The van der Waals surface area contributed by atoms with E-state index in [4.69, 9.17) is 0 Å². The van der Waals surface area contributed by atoms with E-state index < -0.39 is 97.0 Å². The summed E-state index contributed by atoms with van der Waals surface area (Å²) >= 11 is 0. The Kier molecular flexibility index (Phi) is 24.6. The maximum atomic E-state index is 12.6. The fourth-order valence-corrected chi connectivity index (χ4v) is 5.52. The molecule has 0 saturated heterocycles. The highest BCUT2D eigenvalue weighted by atomic mass is 16.4. The molecule has 0 heterocycles. The number of amides is 3. The Bertz CT molecular complexity index is 1280. The number of aliphatic carboxylic acids is 4. The third kappa shape index (κ3) is 22.8. The van der Waals surface area contributed by atoms with Crippen LogP contribution in [0.4, 0.5) is 0 Å². The van der Waals surface area contributed by atoms with Gasteiger partial charge in [-0.1, -0.05) is 26.7 Å². The smallest absolute Gasteiger partial charge is 0.326 e. The van der Waals surface area contributed by atoms with Crippen molar-refractivity contribution in [3.05, 3.63) is 0 Å². The lowest BCUT2D eigenvalue weighted by molar-refractivity contribution is -0.145. The van der Waals surface area contributed by atoms with E-state index >= 15 is 0 Å². The lowest BCUT2D eigenvalue weighted by Gasteiger charge is -2.17. The molecule has 0 unspecified atom stereocenters. The van der Waals surface area contributed by atoms with Gasteiger partial charge in [0.05, 0.1) is 11.8 Å². The summed E-state index contributed by atoms with van der Waals surface area (Å²) in [4.78, 5) is 120. The molecular formula is C36H57N3O14. The molecule has 0 saturated carbocycles. The standard InChI is InChI=1S/C36H57N3O14/c1-4-6-10-26(41)20-24(33(46)47)11-16-31(44)38-28(35(50)51)14-13-27(42)21-25(34(48)49)12-17-32(45)39-29(36(52)53)15-18-30(43)37-19-8-7-9-23(5-2)22(3)40/h23-25,28-29H,4-21H2,1-3H3,(H,37,43)(H,38,44)(H,39,45)(H,46,47)(H,48,49)(H,50,51)(H,52,53)/t23-,24+,25+,28-,29-/m0/s1. The highest BCUT2D eigenvalue weighted by Crippen LogP contribution is 2.17. The number of carboxylic acid groups (broad SMARTS) is 4. The van der Waals surface area contributed by atoms with Crippen molar-refractivity contribution < 1.29 is 68.4 Å². The van der Waals surface area contributed by atoms with Gasteiger partial charge in [-0.2, -0.15) is 0 Å². The molecule has 0 bridgehead atoms. The van der Waals surface area contributed by atoms with E-state index in [1.54, 1.807) is 6.92 Å². The van der Waals surface area contributed by atoms with Crippen LogP contribution < -0.4 is 16.0 Å². The molecule has 0 spiro atoms. The van der Waals surface area contributed by atoms with Gasteiger partial charge in [0.1, 0.15) is 29.4 Å². The minimum Gasteiger partial charge on any atom is -0.481 e. The molecule has 3 amide bonds. The van der Waals surface area contributed by atoms with Crippen molar-refractivity contribution in [2.75, 3.05) is 6.54 Å². The van der Waals surface area contributed by atoms with E-state index in [2.05, 4.69) is 16.0 Å². The molecule has 300 valence electrons. The summed E-state index contributed by atoms with van der Waals surface area (Å²) in [5.41, 5.74) is 0. The molecule has 0 fully saturated rings. The van der Waals surface area contributed by atoms with Gasteiger partial charge >= 0.3 is 23.9 Å². The van der Waals surface area contributed by atoms with Gasteiger partial charge in [-0.15, -0.1) is 0 Å². The van der Waals surface area contributed by atoms with Crippen molar-refractivity contribution >= 4 is 58.9 Å². The third-order valence-corrected chi connectivity index (χ3v) is 8.90. The zero-order chi connectivity index (χ0) is 40.5. The van der Waals surface area contributed by atoms with E-state index in [1.165, 1.54) is 0 Å². The number of Topliss-reactive ketones (excluding diaryl/α,β-unsaturated/α-hetero) is 3. The molecule has 0 aromatic heterocycles. The van der Waals surface area contributed by atoms with Gasteiger partial charge in [0.2, 0.25) is 17.7 Å². The van der Waals surface area contributed by atoms with E-state index in [0.717, 1.165) is 19.3 Å². The van der Waals surface area contributed by atoms with Crippen molar-refractivity contribution in [1.82, 2.24) is 16.0 Å². The number of carbonyl (C=O) groups is 10. The quantitative estimate of drug-likeness (QED) is 0.0486. The van der Waals surface area contributed by atoms with E-state index in [1.807, 2.05) is 13.8 Å². The number of ketones is 3. The van der Waals surface area contributed by atoms with E-state index in [-0.39, 0.29) is 62.4 Å². The Morgan fingerprint density at radius 3 is 1.36 bits per heavy atom. The van der Waals surface area contributed by atoms with Crippen LogP contribution in [0.2, 0.25) is 0 Å². The Morgan fingerprint density at radius 1 is 0.491 bits per heavy atom. The van der Waals surface area contributed by atoms with Crippen LogP contribution in [0, 0.1) is 17.8 Å². The Balaban J connectivity index is 4.83. The number of hydrogen-bond acceptors (Lipinski definition) is 10. The van der Waals surface area contributed by atoms with Gasteiger partial charge in [0.25, 0.3) is 0 Å². The molecule has 0 aliphatic rings. The predicted octanol–water partition coefficient (Wildman–Crippen LogP) is 2.66. The lowest BCUT2D eigenvalue weighted by Crippen LogP contribution is -2.42. The molecule has 0 aromatic rings. The van der Waals surface area contributed by atoms with Gasteiger partial charge < -0.3 is 36.4 Å². The van der Waals surface area contributed by atoms with Crippen LogP contribution in [0.25, 0.3) is 0 Å². The fraction of sp³-hybridized carbons (Fsp3) is 0.722. The average molecular weight is 756 g/mol. The van der Waals surface area contributed by atoms with Crippen molar-refractivity contribution in [1.29, 1.82) is 0 Å². The normalized spacial score (nSPS) is 13.7. The molecule has 0 rings (SSSR count). The van der Waals surface area contributed by atoms with Crippen LogP contribution in [0.3, 0.4) is 0 Å². The summed E-state index contributed by atoms with van der Waals surface area (Å²) in [5, 5.41) is 45.1. The Hall–Kier alpha value is -4.70. The zero-order valence-corrected chi connectivity index (χ0v) is 31.0. The van der Waals surface area contributed by atoms with Crippen LogP contribution in [-0.2, 0) is 47.9 Å². The summed E-state index contributed by atoms with van der Waals surface area (Å²) in [6.45, 7) is 5.70. The summed E-state index contributed by atoms with van der Waals surface area (Å²) in [7, 11) is 0. The maximum Gasteiger partial charge on any atom is 0.326 e. The van der Waals surface area contributed by atoms with Crippen LogP contribution in [-0.4, -0.2) is 98.0 Å². The first-order valence-corrected chi connectivity index (χ1v) is 18.2. The van der Waals surface area contributed by atoms with Crippen LogP contribution in [0.15, 0.2) is 0 Å². The fourth-order valence-electron chi connectivity index (χ4n) is 5.52. The molecule has 7 N–H and O–H groups in total. The zero-order valence-electron chi connectivity index (χ0n) is 31.0. The highest BCUT2D eigenvalue weighted by molar-refractivity contribution is 5.88. The number of nitrogens with one attached hydrogen (secondary N) is 3. The van der Waals surface area contributed by atoms with Crippen LogP contribution in [0.5, 0.6) is 0 Å². The second-order valence-corrected chi connectivity index (χ2v) is 13.3. The molecule has 17 nitrogen and oxygen atoms in total. The first-order valence-electron chi connectivity index (χ1n) is 18.2. The molecular weight excluding hydrogens is 698 g/mol. The first-order chi connectivity index (χ1) is 24.9. The van der Waals surface area contributed by atoms with Gasteiger partial charge in [-0.05, 0) is 58.3 Å². The van der Waals surface area contributed by atoms with Crippen molar-refractivity contribution in [2.24, 2.45) is 17.8 Å². The van der Waals surface area contributed by atoms with Crippen LogP contribution >= 0.6 is 0 Å². The van der Waals surface area contributed by atoms with Crippen molar-refractivity contribution in [3.63, 3.8) is 0 Å². The minimum atomic E-state index is -1.53. The molecule has 17 heteroatoms. The first kappa shape index (κ1) is 48.3. The molecule has 0 aliphatic heterocycles. The molecule has 53 heavy (non-hydrogen) atoms. The summed E-state index contributed by atoms with van der Waals surface area (Å²) in [5.74, 6) is -10.8. The van der Waals surface area contributed by atoms with Crippen molar-refractivity contribution in [3.8, 4) is 0 Å². The Morgan fingerprint density at radius 2 is 0.943 bits per heavy atom. The van der Waals surface area contributed by atoms with Gasteiger partial charge in [0.15, 0.2) is 0 Å². The largest absolute Gasteiger partial charge is 0.481 e. The number of carbonyl (C=O) groups excluding carboxylic acids is 6. The number of rotatable bonds is 32. The number of unbranched alkanes of at least 4 members (excludes halogenated alkanes) is 2. The summed E-state index contributed by atoms with van der Waals surface area (Å²) < 4.78 is 0. The highest BCUT2D eigenvalue weighted by Gasteiger charge is 2.28. The predicted molar refractivity (Wildman–Crippen MR) is 188 cm³/mol. The average Bonchev–Trinajstić information content (AvgIpc) is 3.08. The lowest BCUT2D eigenvalue weighted by atomic mass is 9.94. The third-order valence-electron chi connectivity index (χ3n) is 8.90. The summed E-state index contributed by atoms with van der Waals surface area (Å²) in [6.07, 6.45) is 0.967. The molecule has 0 aromatic carbocycles. The topological polar surface area (TPSA) is 288 Å². The van der Waals surface area contributed by atoms with Gasteiger partial charge in [-0.3, -0.25) is 38.4 Å². The molecule has 0 radical (unpaired) electrons. The molecule has 0 aliphatic carbocycles. The van der Waals surface area contributed by atoms with Gasteiger partial charge in [-0.25, -0.2) is 9.59 Å². The minimum absolute atomic E-state index is 0.0189. The number of hydrogen-bond donors (Lipinski definition) is 7. The number of carboxylic acids is 4. The van der Waals surface area contributed by atoms with E-state index in [9.17, 15) is 68.4 Å². The summed E-state index contributed by atoms with van der Waals surface area (Å²) in [6, 6.07) is -2.96. The SMILES string of the molecule is CCCCC(=O)C[C@@H](CCC(=O)N[C@@H](CCC(=O)C[C@@H](CCC(=O)N[C@@H](CCC(=O)NCCCC[C@H](CC)C(C)=O)C(=O)O)C(=O)O)C(=O)O)C(=O)O.